The normalized spacial score (nSPS) is 11.8. The van der Waals surface area contributed by atoms with E-state index in [1.54, 1.807) is 30.3 Å². The Labute approximate surface area is 80.5 Å². The van der Waals surface area contributed by atoms with Crippen LogP contribution in [0.25, 0.3) is 0 Å². The fourth-order valence-electron chi connectivity index (χ4n) is 0.868. The Morgan fingerprint density at radius 1 is 1.29 bits per heavy atom. The minimum absolute atomic E-state index is 0.354. The molecular weight excluding hydrogens is 184 g/mol. The number of carbonyl (C=O) groups excluding carboxylic acids is 2. The van der Waals surface area contributed by atoms with E-state index in [1.807, 2.05) is 5.32 Å². The van der Waals surface area contributed by atoms with Crippen LogP contribution in [0, 0.1) is 0 Å². The molecule has 1 aromatic rings. The highest BCUT2D eigenvalue weighted by molar-refractivity contribution is 5.96. The third-order valence-electron chi connectivity index (χ3n) is 1.57. The van der Waals surface area contributed by atoms with Gasteiger partial charge in [-0.15, -0.1) is 0 Å². The van der Waals surface area contributed by atoms with Crippen molar-refractivity contribution in [3.05, 3.63) is 35.9 Å². The fourth-order valence-corrected chi connectivity index (χ4v) is 0.868. The number of hydrogen-bond acceptors (Lipinski definition) is 3. The van der Waals surface area contributed by atoms with Crippen LogP contribution in [-0.4, -0.2) is 23.1 Å². The van der Waals surface area contributed by atoms with Crippen molar-refractivity contribution in [2.45, 2.75) is 6.23 Å². The van der Waals surface area contributed by atoms with Crippen LogP contribution in [0.4, 0.5) is 0 Å². The Bertz CT molecular complexity index is 337. The zero-order valence-electron chi connectivity index (χ0n) is 7.31. The molecule has 0 aliphatic heterocycles. The van der Waals surface area contributed by atoms with Gasteiger partial charge < -0.3 is 16.2 Å². The molecule has 14 heavy (non-hydrogen) atoms. The van der Waals surface area contributed by atoms with Crippen LogP contribution in [0.2, 0.25) is 0 Å². The van der Waals surface area contributed by atoms with E-state index in [4.69, 9.17) is 10.8 Å². The van der Waals surface area contributed by atoms with E-state index < -0.39 is 18.0 Å². The molecule has 1 atom stereocenters. The van der Waals surface area contributed by atoms with Gasteiger partial charge in [0, 0.05) is 5.56 Å². The zero-order valence-corrected chi connectivity index (χ0v) is 7.31. The maximum Gasteiger partial charge on any atom is 0.267 e. The molecule has 0 aliphatic carbocycles. The summed E-state index contributed by atoms with van der Waals surface area (Å²) in [5.41, 5.74) is 5.11. The summed E-state index contributed by atoms with van der Waals surface area (Å²) in [5, 5.41) is 11.0. The second-order valence-electron chi connectivity index (χ2n) is 2.64. The highest BCUT2D eigenvalue weighted by Crippen LogP contribution is 1.97. The Morgan fingerprint density at radius 2 is 1.86 bits per heavy atom. The Kier molecular flexibility index (Phi) is 3.19. The van der Waals surface area contributed by atoms with Gasteiger partial charge in [-0.2, -0.15) is 0 Å². The van der Waals surface area contributed by atoms with E-state index in [0.717, 1.165) is 0 Å². The summed E-state index contributed by atoms with van der Waals surface area (Å²) in [4.78, 5) is 21.7. The first-order chi connectivity index (χ1) is 6.61. The first-order valence-electron chi connectivity index (χ1n) is 3.94. The molecular formula is C9H10N2O3. The number of aliphatic hydroxyl groups is 1. The fraction of sp³-hybridized carbons (Fsp3) is 0.111. The smallest absolute Gasteiger partial charge is 0.267 e. The minimum Gasteiger partial charge on any atom is -0.366 e. The van der Waals surface area contributed by atoms with Gasteiger partial charge >= 0.3 is 0 Å². The molecule has 1 rings (SSSR count). The topological polar surface area (TPSA) is 92.4 Å². The van der Waals surface area contributed by atoms with E-state index in [1.165, 1.54) is 0 Å². The summed E-state index contributed by atoms with van der Waals surface area (Å²) >= 11 is 0. The van der Waals surface area contributed by atoms with E-state index in [9.17, 15) is 9.59 Å². The van der Waals surface area contributed by atoms with E-state index in [0.29, 0.717) is 5.56 Å². The van der Waals surface area contributed by atoms with Crippen LogP contribution in [0.5, 0.6) is 0 Å². The van der Waals surface area contributed by atoms with Crippen LogP contribution < -0.4 is 11.1 Å². The molecule has 0 saturated heterocycles. The third kappa shape index (κ3) is 2.56. The van der Waals surface area contributed by atoms with Gasteiger partial charge in [-0.1, -0.05) is 18.2 Å². The first-order valence-corrected chi connectivity index (χ1v) is 3.94. The summed E-state index contributed by atoms with van der Waals surface area (Å²) in [6, 6.07) is 8.21. The van der Waals surface area contributed by atoms with Crippen LogP contribution in [0.3, 0.4) is 0 Å². The maximum atomic E-state index is 11.3. The van der Waals surface area contributed by atoms with E-state index in [2.05, 4.69) is 0 Å². The SMILES string of the molecule is NC(=O)C(O)NC(=O)c1ccccc1. The summed E-state index contributed by atoms with van der Waals surface area (Å²) in [6.07, 6.45) is -1.65. The monoisotopic (exact) mass is 194 g/mol. The lowest BCUT2D eigenvalue weighted by Gasteiger charge is -2.08. The lowest BCUT2D eigenvalue weighted by atomic mass is 10.2. The number of rotatable bonds is 3. The van der Waals surface area contributed by atoms with Gasteiger partial charge in [0.05, 0.1) is 0 Å². The van der Waals surface area contributed by atoms with E-state index >= 15 is 0 Å². The molecule has 4 N–H and O–H groups in total. The summed E-state index contributed by atoms with van der Waals surface area (Å²) in [6.45, 7) is 0. The van der Waals surface area contributed by atoms with Gasteiger partial charge in [0.2, 0.25) is 6.23 Å². The molecule has 0 heterocycles. The van der Waals surface area contributed by atoms with Crippen molar-refractivity contribution in [2.24, 2.45) is 5.73 Å². The molecule has 0 spiro atoms. The van der Waals surface area contributed by atoms with E-state index in [-0.39, 0.29) is 0 Å². The van der Waals surface area contributed by atoms with Crippen molar-refractivity contribution < 1.29 is 14.7 Å². The van der Waals surface area contributed by atoms with Gasteiger partial charge in [-0.3, -0.25) is 9.59 Å². The maximum absolute atomic E-state index is 11.3. The minimum atomic E-state index is -1.65. The molecule has 1 aromatic carbocycles. The molecule has 5 nitrogen and oxygen atoms in total. The van der Waals surface area contributed by atoms with Gasteiger partial charge in [0.15, 0.2) is 0 Å². The average molecular weight is 194 g/mol. The van der Waals surface area contributed by atoms with Crippen LogP contribution in [-0.2, 0) is 4.79 Å². The predicted molar refractivity (Wildman–Crippen MR) is 49.1 cm³/mol. The second kappa shape index (κ2) is 4.38. The highest BCUT2D eigenvalue weighted by Gasteiger charge is 2.14. The number of nitrogens with two attached hydrogens (primary N) is 1. The molecule has 0 aromatic heterocycles. The molecule has 74 valence electrons. The molecule has 2 amide bonds. The Balaban J connectivity index is 2.64. The Morgan fingerprint density at radius 3 is 2.36 bits per heavy atom. The molecule has 0 saturated carbocycles. The van der Waals surface area contributed by atoms with Crippen molar-refractivity contribution in [3.63, 3.8) is 0 Å². The van der Waals surface area contributed by atoms with Crippen molar-refractivity contribution in [1.29, 1.82) is 0 Å². The van der Waals surface area contributed by atoms with Crippen LogP contribution >= 0.6 is 0 Å². The number of amides is 2. The molecule has 5 heteroatoms. The van der Waals surface area contributed by atoms with Crippen molar-refractivity contribution >= 4 is 11.8 Å². The van der Waals surface area contributed by atoms with Gasteiger partial charge in [0.1, 0.15) is 0 Å². The zero-order chi connectivity index (χ0) is 10.6. The third-order valence-corrected chi connectivity index (χ3v) is 1.57. The van der Waals surface area contributed by atoms with Crippen molar-refractivity contribution in [1.82, 2.24) is 5.32 Å². The summed E-state index contributed by atoms with van der Waals surface area (Å²) in [7, 11) is 0. The number of carbonyl (C=O) groups is 2. The predicted octanol–water partition coefficient (Wildman–Crippen LogP) is -0.780. The lowest BCUT2D eigenvalue weighted by Crippen LogP contribution is -2.44. The largest absolute Gasteiger partial charge is 0.366 e. The quantitative estimate of drug-likeness (QED) is 0.551. The van der Waals surface area contributed by atoms with Gasteiger partial charge in [-0.25, -0.2) is 0 Å². The number of hydrogen-bond donors (Lipinski definition) is 3. The van der Waals surface area contributed by atoms with Crippen molar-refractivity contribution in [2.75, 3.05) is 0 Å². The molecule has 0 fully saturated rings. The molecule has 1 unspecified atom stereocenters. The van der Waals surface area contributed by atoms with Crippen molar-refractivity contribution in [3.8, 4) is 0 Å². The Hall–Kier alpha value is -1.88. The number of primary amides is 1. The second-order valence-corrected chi connectivity index (χ2v) is 2.64. The molecule has 0 aliphatic rings. The van der Waals surface area contributed by atoms with Crippen LogP contribution in [0.1, 0.15) is 10.4 Å². The molecule has 0 bridgehead atoms. The average Bonchev–Trinajstić information content (AvgIpc) is 2.19. The summed E-state index contributed by atoms with van der Waals surface area (Å²) < 4.78 is 0. The highest BCUT2D eigenvalue weighted by atomic mass is 16.3. The number of nitrogens with one attached hydrogen (secondary N) is 1. The number of aliphatic hydroxyl groups excluding tert-OH is 1. The standard InChI is InChI=1S/C9H10N2O3/c10-7(12)9(14)11-8(13)6-4-2-1-3-5-6/h1-5,9,14H,(H2,10,12)(H,11,13). The van der Waals surface area contributed by atoms with Gasteiger partial charge in [0.25, 0.3) is 11.8 Å². The molecule has 0 radical (unpaired) electrons. The van der Waals surface area contributed by atoms with Crippen LogP contribution in [0.15, 0.2) is 30.3 Å². The summed E-state index contributed by atoms with van der Waals surface area (Å²) in [5.74, 6) is -1.54. The lowest BCUT2D eigenvalue weighted by molar-refractivity contribution is -0.127. The number of benzene rings is 1. The first kappa shape index (κ1) is 10.2. The van der Waals surface area contributed by atoms with Gasteiger partial charge in [-0.05, 0) is 12.1 Å².